The summed E-state index contributed by atoms with van der Waals surface area (Å²) in [7, 11) is 0. The third kappa shape index (κ3) is 6.52. The number of aliphatic hydroxyl groups is 1. The van der Waals surface area contributed by atoms with Gasteiger partial charge in [0.1, 0.15) is 0 Å². The van der Waals surface area contributed by atoms with Gasteiger partial charge in [0.2, 0.25) is 0 Å². The van der Waals surface area contributed by atoms with E-state index in [1.807, 2.05) is 24.0 Å². The molecule has 1 aromatic heterocycles. The quantitative estimate of drug-likeness (QED) is 0.319. The Bertz CT molecular complexity index is 893. The predicted octanol–water partition coefficient (Wildman–Crippen LogP) is 1.52. The van der Waals surface area contributed by atoms with Crippen molar-refractivity contribution in [1.82, 2.24) is 15.2 Å². The largest absolute Gasteiger partial charge is 0.396 e. The van der Waals surface area contributed by atoms with E-state index < -0.39 is 0 Å². The van der Waals surface area contributed by atoms with Crippen LogP contribution in [0.3, 0.4) is 0 Å². The van der Waals surface area contributed by atoms with Crippen LogP contribution in [0.15, 0.2) is 23.0 Å². The molecule has 0 saturated carbocycles. The molecule has 0 amide bonds. The first-order valence-corrected chi connectivity index (χ1v) is 11.4. The normalized spacial score (nSPS) is 11.3. The van der Waals surface area contributed by atoms with Crippen LogP contribution < -0.4 is 15.8 Å². The molecule has 0 aliphatic heterocycles. The van der Waals surface area contributed by atoms with Gasteiger partial charge in [0.25, 0.3) is 5.56 Å². The van der Waals surface area contributed by atoms with Crippen LogP contribution in [0, 0.1) is 13.8 Å². The number of aromatic amines is 1. The Hall–Kier alpha value is -1.96. The van der Waals surface area contributed by atoms with Gasteiger partial charge in [-0.1, -0.05) is 12.1 Å². The van der Waals surface area contributed by atoms with Gasteiger partial charge in [-0.05, 0) is 63.5 Å². The second-order valence-electron chi connectivity index (χ2n) is 7.90. The van der Waals surface area contributed by atoms with Gasteiger partial charge in [-0.2, -0.15) is 0 Å². The van der Waals surface area contributed by atoms with Crippen molar-refractivity contribution in [2.24, 2.45) is 0 Å². The van der Waals surface area contributed by atoms with E-state index in [0.29, 0.717) is 30.2 Å². The first-order valence-electron chi connectivity index (χ1n) is 11.0. The molecule has 0 aliphatic rings. The number of pyridine rings is 1. The van der Waals surface area contributed by atoms with Crippen molar-refractivity contribution in [2.45, 2.75) is 47.1 Å². The Morgan fingerprint density at radius 1 is 1.20 bits per heavy atom. The summed E-state index contributed by atoms with van der Waals surface area (Å²) in [5.41, 5.74) is 3.69. The number of benzene rings is 1. The second kappa shape index (κ2) is 12.0. The molecule has 30 heavy (non-hydrogen) atoms. The zero-order valence-electron chi connectivity index (χ0n) is 18.8. The Morgan fingerprint density at radius 2 is 1.90 bits per heavy atom. The average molecular weight is 434 g/mol. The number of thiocarbonyl (C=S) groups is 1. The number of hydrogen-bond donors (Lipinski definition) is 4. The Labute approximate surface area is 185 Å². The molecule has 0 aliphatic carbocycles. The SMILES string of the molecule is CC[NH+](CC)CCCNC(=S)N(CCCO)Cc1cc2c(C)ccc(C)c2[nH]c1=O. The summed E-state index contributed by atoms with van der Waals surface area (Å²) in [6.07, 6.45) is 1.65. The summed E-state index contributed by atoms with van der Waals surface area (Å²) < 4.78 is 0. The van der Waals surface area contributed by atoms with Crippen molar-refractivity contribution < 1.29 is 10.0 Å². The molecule has 0 atom stereocenters. The van der Waals surface area contributed by atoms with Crippen LogP contribution in [0.4, 0.5) is 0 Å². The number of aryl methyl sites for hydroxylation is 2. The van der Waals surface area contributed by atoms with E-state index in [9.17, 15) is 9.90 Å². The van der Waals surface area contributed by atoms with Gasteiger partial charge in [0.15, 0.2) is 5.11 Å². The lowest BCUT2D eigenvalue weighted by atomic mass is 10.0. The monoisotopic (exact) mass is 433 g/mol. The number of hydrogen-bond acceptors (Lipinski definition) is 3. The van der Waals surface area contributed by atoms with Crippen LogP contribution in [0.1, 0.15) is 43.4 Å². The summed E-state index contributed by atoms with van der Waals surface area (Å²) in [5, 5.41) is 14.3. The van der Waals surface area contributed by atoms with Crippen LogP contribution >= 0.6 is 12.2 Å². The van der Waals surface area contributed by atoms with Gasteiger partial charge in [0, 0.05) is 37.1 Å². The van der Waals surface area contributed by atoms with Crippen LogP contribution in [-0.2, 0) is 6.54 Å². The molecule has 0 spiro atoms. The van der Waals surface area contributed by atoms with E-state index in [-0.39, 0.29) is 12.2 Å². The van der Waals surface area contributed by atoms with Crippen molar-refractivity contribution in [1.29, 1.82) is 0 Å². The highest BCUT2D eigenvalue weighted by Crippen LogP contribution is 2.20. The van der Waals surface area contributed by atoms with Gasteiger partial charge >= 0.3 is 0 Å². The smallest absolute Gasteiger partial charge is 0.253 e. The topological polar surface area (TPSA) is 72.8 Å². The zero-order chi connectivity index (χ0) is 22.1. The Morgan fingerprint density at radius 3 is 2.57 bits per heavy atom. The highest BCUT2D eigenvalue weighted by molar-refractivity contribution is 7.80. The first kappa shape index (κ1) is 24.3. The van der Waals surface area contributed by atoms with Crippen LogP contribution in [0.25, 0.3) is 10.9 Å². The van der Waals surface area contributed by atoms with E-state index >= 15 is 0 Å². The van der Waals surface area contributed by atoms with Crippen molar-refractivity contribution in [2.75, 3.05) is 39.3 Å². The maximum atomic E-state index is 12.7. The van der Waals surface area contributed by atoms with E-state index in [0.717, 1.165) is 54.6 Å². The molecule has 1 aromatic carbocycles. The fourth-order valence-electron chi connectivity index (χ4n) is 3.70. The number of quaternary nitrogens is 1. The summed E-state index contributed by atoms with van der Waals surface area (Å²) in [6, 6.07) is 6.09. The molecule has 1 heterocycles. The number of nitrogens with one attached hydrogen (secondary N) is 3. The van der Waals surface area contributed by atoms with Gasteiger partial charge < -0.3 is 25.2 Å². The van der Waals surface area contributed by atoms with Crippen LogP contribution in [0.5, 0.6) is 0 Å². The predicted molar refractivity (Wildman–Crippen MR) is 128 cm³/mol. The molecular weight excluding hydrogens is 396 g/mol. The molecule has 0 unspecified atom stereocenters. The summed E-state index contributed by atoms with van der Waals surface area (Å²) >= 11 is 5.62. The molecule has 6 nitrogen and oxygen atoms in total. The molecule has 4 N–H and O–H groups in total. The average Bonchev–Trinajstić information content (AvgIpc) is 2.74. The van der Waals surface area contributed by atoms with Crippen molar-refractivity contribution in [3.8, 4) is 0 Å². The molecule has 7 heteroatoms. The summed E-state index contributed by atoms with van der Waals surface area (Å²) in [5.74, 6) is 0. The molecule has 0 bridgehead atoms. The van der Waals surface area contributed by atoms with Crippen LogP contribution in [0.2, 0.25) is 0 Å². The standard InChI is InChI=1S/C23H36N4O2S/c1-5-26(6-2)12-7-11-24-23(30)27(13-8-14-28)16-19-15-20-17(3)9-10-18(4)21(20)25-22(19)29/h9-10,15,28H,5-8,11-14,16H2,1-4H3,(H,24,30)(H,25,29)/p+1. The number of aliphatic hydroxyl groups excluding tert-OH is 1. The fraction of sp³-hybridized carbons (Fsp3) is 0.565. The highest BCUT2D eigenvalue weighted by Gasteiger charge is 2.14. The lowest BCUT2D eigenvalue weighted by molar-refractivity contribution is -0.896. The van der Waals surface area contributed by atoms with Gasteiger partial charge in [-0.15, -0.1) is 0 Å². The number of H-pyrrole nitrogens is 1. The van der Waals surface area contributed by atoms with E-state index in [1.165, 1.54) is 0 Å². The van der Waals surface area contributed by atoms with E-state index in [1.54, 1.807) is 4.90 Å². The summed E-state index contributed by atoms with van der Waals surface area (Å²) in [4.78, 5) is 19.3. The number of rotatable bonds is 11. The molecule has 2 rings (SSSR count). The summed E-state index contributed by atoms with van der Waals surface area (Å²) in [6.45, 7) is 13.8. The maximum Gasteiger partial charge on any atom is 0.253 e. The fourth-order valence-corrected chi connectivity index (χ4v) is 3.96. The molecule has 0 fully saturated rings. The second-order valence-corrected chi connectivity index (χ2v) is 8.29. The van der Waals surface area contributed by atoms with Gasteiger partial charge in [0.05, 0.1) is 31.7 Å². The number of aromatic nitrogens is 1. The van der Waals surface area contributed by atoms with Crippen molar-refractivity contribution in [3.05, 3.63) is 45.2 Å². The minimum atomic E-state index is -0.0851. The van der Waals surface area contributed by atoms with Gasteiger partial charge in [-0.3, -0.25) is 4.79 Å². The molecule has 2 aromatic rings. The Kier molecular flexibility index (Phi) is 9.75. The third-order valence-corrected chi connectivity index (χ3v) is 6.14. The first-order chi connectivity index (χ1) is 14.4. The number of fused-ring (bicyclic) bond motifs is 1. The van der Waals surface area contributed by atoms with Crippen molar-refractivity contribution in [3.63, 3.8) is 0 Å². The minimum absolute atomic E-state index is 0.0851. The number of nitrogens with zero attached hydrogens (tertiary/aromatic N) is 1. The highest BCUT2D eigenvalue weighted by atomic mass is 32.1. The molecule has 0 saturated heterocycles. The molecule has 166 valence electrons. The van der Waals surface area contributed by atoms with Crippen LogP contribution in [-0.4, -0.2) is 59.4 Å². The minimum Gasteiger partial charge on any atom is -0.396 e. The Balaban J connectivity index is 2.12. The lowest BCUT2D eigenvalue weighted by Crippen LogP contribution is -3.11. The molecular formula is C23H37N4O2S+. The van der Waals surface area contributed by atoms with E-state index in [4.69, 9.17) is 12.2 Å². The van der Waals surface area contributed by atoms with Crippen molar-refractivity contribution >= 4 is 28.2 Å². The van der Waals surface area contributed by atoms with E-state index in [2.05, 4.69) is 37.1 Å². The molecule has 0 radical (unpaired) electrons. The van der Waals surface area contributed by atoms with Gasteiger partial charge in [-0.25, -0.2) is 0 Å². The lowest BCUT2D eigenvalue weighted by Gasteiger charge is -2.26. The maximum absolute atomic E-state index is 12.7. The zero-order valence-corrected chi connectivity index (χ0v) is 19.6. The third-order valence-electron chi connectivity index (χ3n) is 5.74.